The third-order valence-corrected chi connectivity index (χ3v) is 5.17. The first-order chi connectivity index (χ1) is 14.6. The Morgan fingerprint density at radius 2 is 1.97 bits per heavy atom. The van der Waals surface area contributed by atoms with E-state index in [1.807, 2.05) is 6.07 Å². The molecule has 1 aliphatic carbocycles. The van der Waals surface area contributed by atoms with E-state index in [0.29, 0.717) is 52.1 Å². The van der Waals surface area contributed by atoms with Gasteiger partial charge in [-0.15, -0.1) is 0 Å². The predicted octanol–water partition coefficient (Wildman–Crippen LogP) is 5.20. The summed E-state index contributed by atoms with van der Waals surface area (Å²) in [6.45, 7) is 0.679. The number of benzene rings is 2. The van der Waals surface area contributed by atoms with Gasteiger partial charge in [0.2, 0.25) is 11.7 Å². The average molecular weight is 447 g/mol. The molecule has 0 radical (unpaired) electrons. The fourth-order valence-corrected chi connectivity index (χ4v) is 3.32. The van der Waals surface area contributed by atoms with Crippen LogP contribution >= 0.6 is 23.2 Å². The number of halogens is 2. The van der Waals surface area contributed by atoms with Crippen molar-refractivity contribution in [3.8, 4) is 5.75 Å². The van der Waals surface area contributed by atoms with E-state index in [0.717, 1.165) is 18.4 Å². The lowest BCUT2D eigenvalue weighted by molar-refractivity contribution is 0.252. The van der Waals surface area contributed by atoms with E-state index in [9.17, 15) is 4.79 Å². The third-order valence-electron chi connectivity index (χ3n) is 4.59. The molecule has 9 heteroatoms. The van der Waals surface area contributed by atoms with Crippen LogP contribution < -0.4 is 15.4 Å². The topological polar surface area (TPSA) is 89.3 Å². The lowest BCUT2D eigenvalue weighted by Crippen LogP contribution is -2.30. The van der Waals surface area contributed by atoms with Gasteiger partial charge in [-0.2, -0.15) is 4.98 Å². The smallest absolute Gasteiger partial charge is 0.319 e. The highest BCUT2D eigenvalue weighted by molar-refractivity contribution is 6.35. The summed E-state index contributed by atoms with van der Waals surface area (Å²) in [6.07, 6.45) is 2.83. The number of carbonyl (C=O) groups excluding carboxylic acids is 1. The van der Waals surface area contributed by atoms with Crippen molar-refractivity contribution in [1.29, 1.82) is 0 Å². The van der Waals surface area contributed by atoms with Gasteiger partial charge in [0.15, 0.2) is 6.61 Å². The molecule has 3 aromatic rings. The molecule has 1 aromatic heterocycles. The molecule has 1 heterocycles. The summed E-state index contributed by atoms with van der Waals surface area (Å²) >= 11 is 12.0. The Kier molecular flexibility index (Phi) is 6.40. The lowest BCUT2D eigenvalue weighted by Gasteiger charge is -2.09. The van der Waals surface area contributed by atoms with Crippen LogP contribution in [-0.2, 0) is 13.0 Å². The molecule has 2 N–H and O–H groups in total. The molecule has 1 fully saturated rings. The number of carbonyl (C=O) groups is 1. The van der Waals surface area contributed by atoms with Crippen LogP contribution in [0.2, 0.25) is 10.0 Å². The summed E-state index contributed by atoms with van der Waals surface area (Å²) in [5.41, 5.74) is 1.58. The van der Waals surface area contributed by atoms with Gasteiger partial charge in [-0.25, -0.2) is 4.79 Å². The quantitative estimate of drug-likeness (QED) is 0.496. The van der Waals surface area contributed by atoms with Crippen LogP contribution in [0.25, 0.3) is 0 Å². The van der Waals surface area contributed by atoms with Gasteiger partial charge in [-0.3, -0.25) is 0 Å². The molecule has 7 nitrogen and oxygen atoms in total. The zero-order valence-corrected chi connectivity index (χ0v) is 17.5. The molecule has 1 aliphatic rings. The van der Waals surface area contributed by atoms with Crippen LogP contribution in [0.1, 0.15) is 36.0 Å². The van der Waals surface area contributed by atoms with Crippen LogP contribution in [0, 0.1) is 0 Å². The van der Waals surface area contributed by atoms with Crippen molar-refractivity contribution in [2.45, 2.75) is 31.8 Å². The van der Waals surface area contributed by atoms with Gasteiger partial charge < -0.3 is 19.9 Å². The number of anilines is 1. The van der Waals surface area contributed by atoms with Gasteiger partial charge >= 0.3 is 6.03 Å². The van der Waals surface area contributed by atoms with Crippen molar-refractivity contribution in [2.24, 2.45) is 0 Å². The molecule has 2 aromatic carbocycles. The van der Waals surface area contributed by atoms with E-state index in [2.05, 4.69) is 20.8 Å². The number of aromatic nitrogens is 2. The number of amides is 2. The Morgan fingerprint density at radius 3 is 2.70 bits per heavy atom. The Morgan fingerprint density at radius 1 is 1.17 bits per heavy atom. The van der Waals surface area contributed by atoms with E-state index in [1.165, 1.54) is 0 Å². The maximum Gasteiger partial charge on any atom is 0.319 e. The van der Waals surface area contributed by atoms with E-state index in [1.54, 1.807) is 36.4 Å². The van der Waals surface area contributed by atoms with Crippen LogP contribution in [0.3, 0.4) is 0 Å². The second-order valence-corrected chi connectivity index (χ2v) is 7.85. The molecule has 2 amide bonds. The minimum Gasteiger partial charge on any atom is -0.485 e. The van der Waals surface area contributed by atoms with Gasteiger partial charge in [-0.05, 0) is 61.2 Å². The summed E-state index contributed by atoms with van der Waals surface area (Å²) in [6, 6.07) is 12.1. The highest BCUT2D eigenvalue weighted by Gasteiger charge is 2.29. The van der Waals surface area contributed by atoms with Gasteiger partial charge in [0, 0.05) is 28.2 Å². The van der Waals surface area contributed by atoms with Crippen molar-refractivity contribution in [2.75, 3.05) is 11.9 Å². The van der Waals surface area contributed by atoms with E-state index in [-0.39, 0.29) is 12.6 Å². The van der Waals surface area contributed by atoms with E-state index in [4.69, 9.17) is 32.5 Å². The molecule has 0 bridgehead atoms. The second kappa shape index (κ2) is 9.36. The Bertz CT molecular complexity index is 1020. The number of ether oxygens (including phenoxy) is 1. The van der Waals surface area contributed by atoms with Crippen molar-refractivity contribution in [1.82, 2.24) is 15.5 Å². The molecular formula is C21H20Cl2N4O3. The maximum absolute atomic E-state index is 12.1. The number of hydrogen-bond acceptors (Lipinski definition) is 5. The number of hydrogen-bond donors (Lipinski definition) is 2. The van der Waals surface area contributed by atoms with Crippen LogP contribution in [-0.4, -0.2) is 22.7 Å². The minimum absolute atomic E-state index is 0.233. The average Bonchev–Trinajstić information content (AvgIpc) is 3.47. The van der Waals surface area contributed by atoms with Crippen LogP contribution in [0.5, 0.6) is 5.75 Å². The minimum atomic E-state index is -0.298. The summed E-state index contributed by atoms with van der Waals surface area (Å²) in [7, 11) is 0. The SMILES string of the molecule is O=C(NCCc1ccc(Cl)cc1Cl)Nc1ccc(OCc2noc(C3CC3)n2)cc1. The van der Waals surface area contributed by atoms with Gasteiger partial charge in [-0.1, -0.05) is 34.4 Å². The molecule has 0 atom stereocenters. The summed E-state index contributed by atoms with van der Waals surface area (Å²) in [5.74, 6) is 2.29. The molecule has 30 heavy (non-hydrogen) atoms. The third kappa shape index (κ3) is 5.64. The first kappa shape index (κ1) is 20.5. The van der Waals surface area contributed by atoms with E-state index >= 15 is 0 Å². The van der Waals surface area contributed by atoms with Crippen molar-refractivity contribution in [3.05, 3.63) is 69.8 Å². The highest BCUT2D eigenvalue weighted by atomic mass is 35.5. The fraction of sp³-hybridized carbons (Fsp3) is 0.286. The molecule has 0 spiro atoms. The van der Waals surface area contributed by atoms with Crippen molar-refractivity contribution in [3.63, 3.8) is 0 Å². The largest absolute Gasteiger partial charge is 0.485 e. The highest BCUT2D eigenvalue weighted by Crippen LogP contribution is 2.38. The fourth-order valence-electron chi connectivity index (χ4n) is 2.82. The Labute approximate surface area is 183 Å². The zero-order chi connectivity index (χ0) is 20.9. The molecule has 0 aliphatic heterocycles. The number of rotatable bonds is 8. The van der Waals surface area contributed by atoms with Crippen LogP contribution in [0.4, 0.5) is 10.5 Å². The van der Waals surface area contributed by atoms with Gasteiger partial charge in [0.25, 0.3) is 0 Å². The first-order valence-corrected chi connectivity index (χ1v) is 10.4. The lowest BCUT2D eigenvalue weighted by atomic mass is 10.1. The second-order valence-electron chi connectivity index (χ2n) is 7.00. The molecule has 156 valence electrons. The molecule has 0 saturated heterocycles. The van der Waals surface area contributed by atoms with E-state index < -0.39 is 0 Å². The van der Waals surface area contributed by atoms with Gasteiger partial charge in [0.1, 0.15) is 5.75 Å². The van der Waals surface area contributed by atoms with Crippen molar-refractivity contribution >= 4 is 34.9 Å². The summed E-state index contributed by atoms with van der Waals surface area (Å²) < 4.78 is 10.9. The normalized spacial score (nSPS) is 13.1. The summed E-state index contributed by atoms with van der Waals surface area (Å²) in [5, 5.41) is 10.7. The zero-order valence-electron chi connectivity index (χ0n) is 16.0. The number of nitrogens with one attached hydrogen (secondary N) is 2. The van der Waals surface area contributed by atoms with Gasteiger partial charge in [0.05, 0.1) is 0 Å². The first-order valence-electron chi connectivity index (χ1n) is 9.61. The molecule has 1 saturated carbocycles. The maximum atomic E-state index is 12.1. The molecule has 0 unspecified atom stereocenters. The number of nitrogens with zero attached hydrogens (tertiary/aromatic N) is 2. The Balaban J connectivity index is 1.20. The van der Waals surface area contributed by atoms with Crippen LogP contribution in [0.15, 0.2) is 47.0 Å². The molecule has 4 rings (SSSR count). The Hall–Kier alpha value is -2.77. The van der Waals surface area contributed by atoms with Crippen molar-refractivity contribution < 1.29 is 14.1 Å². The predicted molar refractivity (Wildman–Crippen MR) is 114 cm³/mol. The summed E-state index contributed by atoms with van der Waals surface area (Å²) in [4.78, 5) is 16.4. The molecular weight excluding hydrogens is 427 g/mol. The monoisotopic (exact) mass is 446 g/mol. The standard InChI is InChI=1S/C21H20Cl2N4O3/c22-15-4-3-13(18(23)11-15)9-10-24-21(28)25-16-5-7-17(8-6-16)29-12-19-26-20(30-27-19)14-1-2-14/h3-8,11,14H,1-2,9-10,12H2,(H2,24,25,28). The number of urea groups is 1.